The van der Waals surface area contributed by atoms with Gasteiger partial charge in [0, 0.05) is 13.0 Å². The van der Waals surface area contributed by atoms with E-state index in [1.165, 1.54) is 6.07 Å². The van der Waals surface area contributed by atoms with Crippen LogP contribution in [0.5, 0.6) is 5.75 Å². The van der Waals surface area contributed by atoms with Gasteiger partial charge in [0.05, 0.1) is 0 Å². The highest BCUT2D eigenvalue weighted by molar-refractivity contribution is 7.89. The van der Waals surface area contributed by atoms with E-state index >= 15 is 0 Å². The molecule has 0 saturated carbocycles. The number of hydrogen-bond donors (Lipinski definition) is 3. The summed E-state index contributed by atoms with van der Waals surface area (Å²) in [6.07, 6.45) is 1.82. The molecule has 0 radical (unpaired) electrons. The lowest BCUT2D eigenvalue weighted by Gasteiger charge is -2.33. The van der Waals surface area contributed by atoms with Gasteiger partial charge in [-0.2, -0.15) is 4.72 Å². The first-order valence-electron chi connectivity index (χ1n) is 12.2. The van der Waals surface area contributed by atoms with Crippen molar-refractivity contribution in [2.45, 2.75) is 63.1 Å². The third-order valence-electron chi connectivity index (χ3n) is 5.96. The highest BCUT2D eigenvalue weighted by Crippen LogP contribution is 2.30. The number of alkyl carbamates (subject to hydrolysis) is 1. The average Bonchev–Trinajstić information content (AvgIpc) is 2.87. The molecule has 1 unspecified atom stereocenters. The first-order valence-corrected chi connectivity index (χ1v) is 13.7. The molecule has 0 bridgehead atoms. The molecule has 1 atom stereocenters. The second-order valence-corrected chi connectivity index (χ2v) is 10.4. The zero-order valence-electron chi connectivity index (χ0n) is 20.7. The number of phenols is 1. The fourth-order valence-electron chi connectivity index (χ4n) is 3.92. The highest BCUT2D eigenvalue weighted by atomic mass is 32.2. The van der Waals surface area contributed by atoms with Gasteiger partial charge >= 0.3 is 6.09 Å². The molecule has 7 nitrogen and oxygen atoms in total. The van der Waals surface area contributed by atoms with Gasteiger partial charge < -0.3 is 15.2 Å². The molecule has 0 aliphatic carbocycles. The van der Waals surface area contributed by atoms with Crippen LogP contribution in [0, 0.1) is 0 Å². The van der Waals surface area contributed by atoms with E-state index in [0.29, 0.717) is 12.0 Å². The van der Waals surface area contributed by atoms with Crippen LogP contribution in [-0.4, -0.2) is 25.3 Å². The van der Waals surface area contributed by atoms with Crippen LogP contribution < -0.4 is 10.0 Å². The summed E-state index contributed by atoms with van der Waals surface area (Å²) < 4.78 is 35.4. The lowest BCUT2D eigenvalue weighted by atomic mass is 10.0. The van der Waals surface area contributed by atoms with Crippen LogP contribution in [0.4, 0.5) is 4.79 Å². The summed E-state index contributed by atoms with van der Waals surface area (Å²) in [6, 6.07) is 23.2. The minimum absolute atomic E-state index is 0.110. The average molecular weight is 511 g/mol. The van der Waals surface area contributed by atoms with Crippen molar-refractivity contribution < 1.29 is 23.1 Å². The molecule has 0 fully saturated rings. The van der Waals surface area contributed by atoms with Crippen LogP contribution in [0.3, 0.4) is 0 Å². The fourth-order valence-corrected chi connectivity index (χ4v) is 5.43. The topological polar surface area (TPSA) is 105 Å². The molecule has 36 heavy (non-hydrogen) atoms. The van der Waals surface area contributed by atoms with Gasteiger partial charge in [0.15, 0.2) is 5.72 Å². The molecule has 3 rings (SSSR count). The number of para-hydroxylation sites is 1. The first-order chi connectivity index (χ1) is 17.3. The van der Waals surface area contributed by atoms with E-state index < -0.39 is 21.8 Å². The Balaban J connectivity index is 1.89. The zero-order valence-corrected chi connectivity index (χ0v) is 21.6. The number of nitrogens with one attached hydrogen (secondary N) is 2. The molecular formula is C28H34N2O5S. The number of phenolic OH excluding ortho intramolecular Hbond substituents is 1. The van der Waals surface area contributed by atoms with Crippen LogP contribution in [-0.2, 0) is 34.1 Å². The number of rotatable bonds is 12. The lowest BCUT2D eigenvalue weighted by molar-refractivity contribution is -0.00119. The molecule has 3 aromatic carbocycles. The largest absolute Gasteiger partial charge is 0.506 e. The molecular weight excluding hydrogens is 476 g/mol. The van der Waals surface area contributed by atoms with Crippen molar-refractivity contribution in [3.8, 4) is 5.75 Å². The Kier molecular flexibility index (Phi) is 9.50. The van der Waals surface area contributed by atoms with E-state index in [4.69, 9.17) is 4.74 Å². The normalized spacial score (nSPS) is 13.1. The molecule has 0 aromatic heterocycles. The standard InChI is InChI=1S/C28H34N2O5S/c1-3-5-17-24-18-12-19-25(26(24)31)36(33,34)30-28(4-2,20-22-13-8-6-9-14-22)35-27(32)29-21-23-15-10-7-11-16-23/h6-16,18-19,30-31H,3-5,17,20-21H2,1-2H3,(H,29,32). The zero-order chi connectivity index (χ0) is 26.0. The predicted octanol–water partition coefficient (Wildman–Crippen LogP) is 5.29. The van der Waals surface area contributed by atoms with Crippen molar-refractivity contribution in [2.75, 3.05) is 0 Å². The summed E-state index contributed by atoms with van der Waals surface area (Å²) in [6.45, 7) is 4.00. The quantitative estimate of drug-likeness (QED) is 0.287. The van der Waals surface area contributed by atoms with Crippen molar-refractivity contribution in [3.05, 3.63) is 95.6 Å². The molecule has 3 aromatic rings. The van der Waals surface area contributed by atoms with Crippen LogP contribution in [0.25, 0.3) is 0 Å². The van der Waals surface area contributed by atoms with E-state index in [2.05, 4.69) is 10.0 Å². The van der Waals surface area contributed by atoms with Crippen LogP contribution >= 0.6 is 0 Å². The molecule has 0 saturated heterocycles. The summed E-state index contributed by atoms with van der Waals surface area (Å²) in [5.41, 5.74) is 0.659. The Morgan fingerprint density at radius 2 is 1.56 bits per heavy atom. The maximum Gasteiger partial charge on any atom is 0.409 e. The van der Waals surface area contributed by atoms with Crippen molar-refractivity contribution >= 4 is 16.1 Å². The van der Waals surface area contributed by atoms with Crippen molar-refractivity contribution in [2.24, 2.45) is 0 Å². The number of aryl methyl sites for hydroxylation is 1. The van der Waals surface area contributed by atoms with Gasteiger partial charge in [-0.3, -0.25) is 0 Å². The molecule has 192 valence electrons. The first kappa shape index (κ1) is 27.2. The van der Waals surface area contributed by atoms with E-state index in [1.807, 2.05) is 67.6 Å². The monoisotopic (exact) mass is 510 g/mol. The second kappa shape index (κ2) is 12.6. The number of carbonyl (C=O) groups is 1. The van der Waals surface area contributed by atoms with E-state index in [9.17, 15) is 18.3 Å². The van der Waals surface area contributed by atoms with Gasteiger partial charge in [-0.05, 0) is 42.0 Å². The van der Waals surface area contributed by atoms with Crippen LogP contribution in [0.2, 0.25) is 0 Å². The maximum atomic E-state index is 13.5. The Morgan fingerprint density at radius 3 is 2.17 bits per heavy atom. The van der Waals surface area contributed by atoms with E-state index in [0.717, 1.165) is 24.0 Å². The van der Waals surface area contributed by atoms with Gasteiger partial charge in [0.25, 0.3) is 0 Å². The second-order valence-electron chi connectivity index (χ2n) is 8.71. The molecule has 0 heterocycles. The van der Waals surface area contributed by atoms with E-state index in [-0.39, 0.29) is 30.0 Å². The Labute approximate surface area is 213 Å². The van der Waals surface area contributed by atoms with Crippen molar-refractivity contribution in [1.82, 2.24) is 10.0 Å². The molecule has 1 amide bonds. The lowest BCUT2D eigenvalue weighted by Crippen LogP contribution is -2.54. The SMILES string of the molecule is CCCCc1cccc(S(=O)(=O)NC(CC)(Cc2ccccc2)OC(=O)NCc2ccccc2)c1O. The minimum Gasteiger partial charge on any atom is -0.506 e. The number of unbranched alkanes of at least 4 members (excludes halogenated alkanes) is 1. The van der Waals surface area contributed by atoms with Gasteiger partial charge in [0.1, 0.15) is 10.6 Å². The Hall–Kier alpha value is -3.36. The third-order valence-corrected chi connectivity index (χ3v) is 7.51. The molecule has 8 heteroatoms. The number of hydrogen-bond acceptors (Lipinski definition) is 5. The van der Waals surface area contributed by atoms with Crippen LogP contribution in [0.15, 0.2) is 83.8 Å². The molecule has 0 spiro atoms. The van der Waals surface area contributed by atoms with Gasteiger partial charge in [-0.25, -0.2) is 13.2 Å². The third kappa shape index (κ3) is 7.32. The molecule has 3 N–H and O–H groups in total. The highest BCUT2D eigenvalue weighted by Gasteiger charge is 2.39. The number of sulfonamides is 1. The summed E-state index contributed by atoms with van der Waals surface area (Å²) in [5.74, 6) is -0.281. The fraction of sp³-hybridized carbons (Fsp3) is 0.321. The van der Waals surface area contributed by atoms with Crippen LogP contribution in [0.1, 0.15) is 49.8 Å². The predicted molar refractivity (Wildman–Crippen MR) is 140 cm³/mol. The minimum atomic E-state index is -4.25. The van der Waals surface area contributed by atoms with Crippen molar-refractivity contribution in [3.63, 3.8) is 0 Å². The maximum absolute atomic E-state index is 13.5. The Morgan fingerprint density at radius 1 is 0.917 bits per heavy atom. The summed E-state index contributed by atoms with van der Waals surface area (Å²) in [4.78, 5) is 12.6. The molecule has 0 aliphatic rings. The summed E-state index contributed by atoms with van der Waals surface area (Å²) in [5, 5.41) is 13.5. The van der Waals surface area contributed by atoms with Crippen molar-refractivity contribution in [1.29, 1.82) is 0 Å². The van der Waals surface area contributed by atoms with Gasteiger partial charge in [-0.1, -0.05) is 93.1 Å². The number of benzene rings is 3. The number of ether oxygens (including phenoxy) is 1. The summed E-state index contributed by atoms with van der Waals surface area (Å²) in [7, 11) is -4.25. The van der Waals surface area contributed by atoms with E-state index in [1.54, 1.807) is 19.1 Å². The summed E-state index contributed by atoms with van der Waals surface area (Å²) >= 11 is 0. The Bertz CT molecular complexity index is 1230. The smallest absolute Gasteiger partial charge is 0.409 e. The molecule has 0 aliphatic heterocycles. The number of aromatic hydroxyl groups is 1. The van der Waals surface area contributed by atoms with Gasteiger partial charge in [-0.15, -0.1) is 0 Å². The van der Waals surface area contributed by atoms with Gasteiger partial charge in [0.2, 0.25) is 10.0 Å². The number of amides is 1. The number of carbonyl (C=O) groups excluding carboxylic acids is 1.